The highest BCUT2D eigenvalue weighted by Gasteiger charge is 1.97. The molecule has 21 heavy (non-hydrogen) atoms. The molecule has 0 radical (unpaired) electrons. The van der Waals surface area contributed by atoms with Gasteiger partial charge in [0, 0.05) is 5.38 Å². The molecule has 0 spiro atoms. The Hall–Kier alpha value is -2.46. The highest BCUT2D eigenvalue weighted by molar-refractivity contribution is 7.13. The predicted molar refractivity (Wildman–Crippen MR) is 89.9 cm³/mol. The Labute approximate surface area is 128 Å². The van der Waals surface area contributed by atoms with E-state index in [0.29, 0.717) is 0 Å². The molecule has 0 saturated heterocycles. The Morgan fingerprint density at radius 3 is 2.38 bits per heavy atom. The lowest BCUT2D eigenvalue weighted by Crippen LogP contribution is -1.90. The summed E-state index contributed by atoms with van der Waals surface area (Å²) in [5.41, 5.74) is 7.42. The van der Waals surface area contributed by atoms with Gasteiger partial charge in [-0.15, -0.1) is 11.3 Å². The third kappa shape index (κ3) is 3.55. The molecular formula is C17H15N3S. The summed E-state index contributed by atoms with van der Waals surface area (Å²) in [6.07, 6.45) is 1.80. The standard InChI is InChI=1S/C17H15N3S/c1-13-12-21-17(19-13)20-18-11-14-7-9-16(10-8-14)15-5-3-2-4-6-15/h2-12H,1H3,(H,19,20). The van der Waals surface area contributed by atoms with E-state index in [-0.39, 0.29) is 0 Å². The summed E-state index contributed by atoms with van der Waals surface area (Å²) in [6, 6.07) is 18.6. The van der Waals surface area contributed by atoms with Gasteiger partial charge in [0.05, 0.1) is 11.9 Å². The average Bonchev–Trinajstić information content (AvgIpc) is 2.94. The van der Waals surface area contributed by atoms with Gasteiger partial charge in [-0.3, -0.25) is 5.43 Å². The summed E-state index contributed by atoms with van der Waals surface area (Å²) in [5.74, 6) is 0. The zero-order chi connectivity index (χ0) is 14.5. The molecule has 1 aromatic heterocycles. The number of anilines is 1. The Morgan fingerprint density at radius 1 is 1.00 bits per heavy atom. The molecule has 3 aromatic rings. The van der Waals surface area contributed by atoms with Crippen LogP contribution in [0.4, 0.5) is 5.13 Å². The first-order valence-electron chi connectivity index (χ1n) is 6.68. The molecule has 0 bridgehead atoms. The summed E-state index contributed by atoms with van der Waals surface area (Å²) in [5, 5.41) is 7.00. The van der Waals surface area contributed by atoms with Gasteiger partial charge in [0.15, 0.2) is 0 Å². The number of hydrogen-bond acceptors (Lipinski definition) is 4. The first-order valence-corrected chi connectivity index (χ1v) is 7.56. The van der Waals surface area contributed by atoms with Gasteiger partial charge in [-0.05, 0) is 23.6 Å². The van der Waals surface area contributed by atoms with Crippen molar-refractivity contribution in [2.75, 3.05) is 5.43 Å². The van der Waals surface area contributed by atoms with Crippen molar-refractivity contribution in [3.63, 3.8) is 0 Å². The second-order valence-corrected chi connectivity index (χ2v) is 5.51. The van der Waals surface area contributed by atoms with Gasteiger partial charge in [0.1, 0.15) is 0 Å². The Morgan fingerprint density at radius 2 is 1.71 bits per heavy atom. The molecule has 3 rings (SSSR count). The lowest BCUT2D eigenvalue weighted by Gasteiger charge is -2.01. The van der Waals surface area contributed by atoms with Crippen LogP contribution in [0, 0.1) is 6.92 Å². The Bertz CT molecular complexity index is 730. The van der Waals surface area contributed by atoms with Crippen molar-refractivity contribution in [2.45, 2.75) is 6.92 Å². The molecule has 3 nitrogen and oxygen atoms in total. The monoisotopic (exact) mass is 293 g/mol. The second kappa shape index (κ2) is 6.33. The third-order valence-electron chi connectivity index (χ3n) is 3.01. The van der Waals surface area contributed by atoms with Crippen LogP contribution in [0.25, 0.3) is 11.1 Å². The molecule has 0 amide bonds. The third-order valence-corrected chi connectivity index (χ3v) is 3.88. The molecule has 0 atom stereocenters. The van der Waals surface area contributed by atoms with E-state index in [1.165, 1.54) is 11.1 Å². The van der Waals surface area contributed by atoms with Gasteiger partial charge in [-0.2, -0.15) is 5.10 Å². The maximum atomic E-state index is 4.29. The molecule has 1 N–H and O–H groups in total. The van der Waals surface area contributed by atoms with Crippen LogP contribution in [0.2, 0.25) is 0 Å². The van der Waals surface area contributed by atoms with Gasteiger partial charge in [-0.1, -0.05) is 54.6 Å². The summed E-state index contributed by atoms with van der Waals surface area (Å²) >= 11 is 1.55. The molecule has 1 heterocycles. The number of aryl methyl sites for hydroxylation is 1. The fourth-order valence-corrected chi connectivity index (χ4v) is 2.60. The number of hydrazone groups is 1. The van der Waals surface area contributed by atoms with Crippen LogP contribution in [-0.2, 0) is 0 Å². The molecule has 104 valence electrons. The smallest absolute Gasteiger partial charge is 0.203 e. The molecule has 2 aromatic carbocycles. The molecule has 0 saturated carbocycles. The van der Waals surface area contributed by atoms with Crippen molar-refractivity contribution in [1.82, 2.24) is 4.98 Å². The minimum Gasteiger partial charge on any atom is -0.253 e. The van der Waals surface area contributed by atoms with E-state index in [1.54, 1.807) is 17.6 Å². The number of hydrogen-bond donors (Lipinski definition) is 1. The maximum Gasteiger partial charge on any atom is 0.203 e. The van der Waals surface area contributed by atoms with Gasteiger partial charge >= 0.3 is 0 Å². The zero-order valence-corrected chi connectivity index (χ0v) is 12.5. The summed E-state index contributed by atoms with van der Waals surface area (Å²) in [7, 11) is 0. The lowest BCUT2D eigenvalue weighted by atomic mass is 10.0. The number of benzene rings is 2. The highest BCUT2D eigenvalue weighted by atomic mass is 32.1. The van der Waals surface area contributed by atoms with Crippen LogP contribution in [0.15, 0.2) is 65.1 Å². The van der Waals surface area contributed by atoms with Crippen LogP contribution in [0.3, 0.4) is 0 Å². The largest absolute Gasteiger partial charge is 0.253 e. The first-order chi connectivity index (χ1) is 10.3. The van der Waals surface area contributed by atoms with Crippen LogP contribution >= 0.6 is 11.3 Å². The van der Waals surface area contributed by atoms with Crippen LogP contribution in [-0.4, -0.2) is 11.2 Å². The first kappa shape index (κ1) is 13.5. The SMILES string of the molecule is Cc1csc(NN=Cc2ccc(-c3ccccc3)cc2)n1. The fraction of sp³-hybridized carbons (Fsp3) is 0.0588. The number of nitrogens with one attached hydrogen (secondary N) is 1. The van der Waals surface area contributed by atoms with Crippen molar-refractivity contribution >= 4 is 22.7 Å². The van der Waals surface area contributed by atoms with Gasteiger partial charge in [0.25, 0.3) is 0 Å². The predicted octanol–water partition coefficient (Wildman–Crippen LogP) is 4.56. The van der Waals surface area contributed by atoms with Crippen LogP contribution in [0.5, 0.6) is 0 Å². The average molecular weight is 293 g/mol. The maximum absolute atomic E-state index is 4.29. The topological polar surface area (TPSA) is 37.3 Å². The van der Waals surface area contributed by atoms with Crippen LogP contribution < -0.4 is 5.43 Å². The number of aromatic nitrogens is 1. The van der Waals surface area contributed by atoms with Crippen molar-refractivity contribution in [3.8, 4) is 11.1 Å². The lowest BCUT2D eigenvalue weighted by molar-refractivity contribution is 1.22. The molecule has 0 aliphatic rings. The molecule has 0 fully saturated rings. The molecule has 0 aliphatic carbocycles. The molecule has 0 unspecified atom stereocenters. The zero-order valence-electron chi connectivity index (χ0n) is 11.7. The molecule has 4 heteroatoms. The van der Waals surface area contributed by atoms with Crippen molar-refractivity contribution in [2.24, 2.45) is 5.10 Å². The fourth-order valence-electron chi connectivity index (χ4n) is 1.96. The van der Waals surface area contributed by atoms with E-state index in [1.807, 2.05) is 30.5 Å². The summed E-state index contributed by atoms with van der Waals surface area (Å²) < 4.78 is 0. The number of thiazole rings is 1. The van der Waals surface area contributed by atoms with Gasteiger partial charge in [-0.25, -0.2) is 4.98 Å². The van der Waals surface area contributed by atoms with Gasteiger partial charge in [0.2, 0.25) is 5.13 Å². The molecule has 0 aliphatic heterocycles. The van der Waals surface area contributed by atoms with Crippen molar-refractivity contribution < 1.29 is 0 Å². The van der Waals surface area contributed by atoms with E-state index >= 15 is 0 Å². The minimum atomic E-state index is 0.810. The normalized spacial score (nSPS) is 10.9. The van der Waals surface area contributed by atoms with E-state index < -0.39 is 0 Å². The van der Waals surface area contributed by atoms with E-state index in [0.717, 1.165) is 16.4 Å². The summed E-state index contributed by atoms with van der Waals surface area (Å²) in [4.78, 5) is 4.29. The van der Waals surface area contributed by atoms with Crippen LogP contribution in [0.1, 0.15) is 11.3 Å². The van der Waals surface area contributed by atoms with E-state index in [9.17, 15) is 0 Å². The highest BCUT2D eigenvalue weighted by Crippen LogP contribution is 2.19. The quantitative estimate of drug-likeness (QED) is 0.565. The Kier molecular flexibility index (Phi) is 4.07. The van der Waals surface area contributed by atoms with Gasteiger partial charge < -0.3 is 0 Å². The summed E-state index contributed by atoms with van der Waals surface area (Å²) in [6.45, 7) is 1.97. The second-order valence-electron chi connectivity index (χ2n) is 4.65. The number of rotatable bonds is 4. The van der Waals surface area contributed by atoms with Crippen molar-refractivity contribution in [1.29, 1.82) is 0 Å². The van der Waals surface area contributed by atoms with E-state index in [4.69, 9.17) is 0 Å². The Balaban J connectivity index is 1.67. The number of nitrogens with zero attached hydrogens (tertiary/aromatic N) is 2. The van der Waals surface area contributed by atoms with E-state index in [2.05, 4.69) is 51.9 Å². The molecular weight excluding hydrogens is 278 g/mol. The minimum absolute atomic E-state index is 0.810. The van der Waals surface area contributed by atoms with Crippen molar-refractivity contribution in [3.05, 3.63) is 71.2 Å².